The summed E-state index contributed by atoms with van der Waals surface area (Å²) < 4.78 is 8.60. The Kier molecular flexibility index (Phi) is 4.90. The molecule has 4 heteroatoms. The summed E-state index contributed by atoms with van der Waals surface area (Å²) in [5.41, 5.74) is 1.20. The van der Waals surface area contributed by atoms with Crippen LogP contribution in [0.15, 0.2) is 33.6 Å². The van der Waals surface area contributed by atoms with Gasteiger partial charge in [0.2, 0.25) is 0 Å². The zero-order valence-corrected chi connectivity index (χ0v) is 9.58. The molecule has 0 spiro atoms. The van der Waals surface area contributed by atoms with E-state index in [-0.39, 0.29) is 0 Å². The van der Waals surface area contributed by atoms with E-state index in [0.29, 0.717) is 6.61 Å². The lowest BCUT2D eigenvalue weighted by molar-refractivity contribution is -0.134. The molecule has 15 heavy (non-hydrogen) atoms. The summed E-state index contributed by atoms with van der Waals surface area (Å²) in [5, 5.41) is 0. The summed E-state index contributed by atoms with van der Waals surface area (Å²) >= 11 is 1.25. The fraction of sp³-hybridized carbons (Fsp3) is 0.273. The van der Waals surface area contributed by atoms with Gasteiger partial charge in [0.25, 0.3) is 0 Å². The lowest BCUT2D eigenvalue weighted by Crippen LogP contribution is -2.03. The van der Waals surface area contributed by atoms with E-state index in [2.05, 4.69) is 4.40 Å². The van der Waals surface area contributed by atoms with Crippen LogP contribution in [0.1, 0.15) is 12.5 Å². The van der Waals surface area contributed by atoms with Crippen LogP contribution >= 0.6 is 11.9 Å². The topological polar surface area (TPSA) is 38.7 Å². The zero-order valence-electron chi connectivity index (χ0n) is 8.77. The van der Waals surface area contributed by atoms with E-state index in [1.165, 1.54) is 23.7 Å². The summed E-state index contributed by atoms with van der Waals surface area (Å²) in [5.74, 6) is -0.405. The molecule has 0 aromatic heterocycles. The molecule has 0 saturated carbocycles. The van der Waals surface area contributed by atoms with Gasteiger partial charge in [0.05, 0.1) is 6.61 Å². The smallest absolute Gasteiger partial charge is 0.350 e. The molecule has 0 unspecified atom stereocenters. The Labute approximate surface area is 93.7 Å². The second-order valence-corrected chi connectivity index (χ2v) is 3.76. The Morgan fingerprint density at radius 3 is 2.73 bits per heavy atom. The lowest BCUT2D eigenvalue weighted by atomic mass is 10.2. The maximum Gasteiger partial charge on any atom is 0.350 e. The van der Waals surface area contributed by atoms with E-state index in [4.69, 9.17) is 4.74 Å². The molecule has 0 aliphatic heterocycles. The fourth-order valence-electron chi connectivity index (χ4n) is 0.909. The molecule has 0 saturated heterocycles. The van der Waals surface area contributed by atoms with Crippen molar-refractivity contribution in [1.29, 1.82) is 0 Å². The largest absolute Gasteiger partial charge is 0.462 e. The standard InChI is InChI=1S/C11H13NO2S/c1-3-14-11(13)8-12-15-10-6-4-9(2)5-7-10/h4-8H,3H2,1-2H3/b12-8+. The van der Waals surface area contributed by atoms with Gasteiger partial charge in [-0.25, -0.2) is 9.19 Å². The van der Waals surface area contributed by atoms with Crippen molar-refractivity contribution in [2.75, 3.05) is 6.61 Å². The first-order valence-electron chi connectivity index (χ1n) is 4.66. The number of hydrogen-bond acceptors (Lipinski definition) is 4. The highest BCUT2D eigenvalue weighted by Gasteiger charge is 1.95. The summed E-state index contributed by atoms with van der Waals surface area (Å²) in [7, 11) is 0. The first-order chi connectivity index (χ1) is 7.22. The number of aryl methyl sites for hydroxylation is 1. The van der Waals surface area contributed by atoms with Crippen molar-refractivity contribution in [1.82, 2.24) is 0 Å². The number of esters is 1. The van der Waals surface area contributed by atoms with Gasteiger partial charge in [0.1, 0.15) is 6.21 Å². The van der Waals surface area contributed by atoms with Crippen LogP contribution in [0.4, 0.5) is 0 Å². The summed E-state index contributed by atoms with van der Waals surface area (Å²) in [6.07, 6.45) is 1.19. The van der Waals surface area contributed by atoms with Gasteiger partial charge in [-0.15, -0.1) is 0 Å². The molecule has 0 fully saturated rings. The summed E-state index contributed by atoms with van der Waals surface area (Å²) in [6, 6.07) is 7.93. The number of benzene rings is 1. The van der Waals surface area contributed by atoms with Crippen LogP contribution in [0.5, 0.6) is 0 Å². The van der Waals surface area contributed by atoms with Crippen molar-refractivity contribution in [3.05, 3.63) is 29.8 Å². The van der Waals surface area contributed by atoms with E-state index in [0.717, 1.165) is 4.90 Å². The van der Waals surface area contributed by atoms with E-state index < -0.39 is 5.97 Å². The minimum absolute atomic E-state index is 0.375. The van der Waals surface area contributed by atoms with Gasteiger partial charge in [-0.2, -0.15) is 0 Å². The van der Waals surface area contributed by atoms with Crippen molar-refractivity contribution in [2.45, 2.75) is 18.7 Å². The Hall–Kier alpha value is -1.29. The van der Waals surface area contributed by atoms with Crippen molar-refractivity contribution >= 4 is 24.1 Å². The van der Waals surface area contributed by atoms with E-state index >= 15 is 0 Å². The Bertz CT molecular complexity index is 346. The maximum atomic E-state index is 10.9. The van der Waals surface area contributed by atoms with Gasteiger partial charge in [0.15, 0.2) is 0 Å². The average molecular weight is 223 g/mol. The summed E-state index contributed by atoms with van der Waals surface area (Å²) in [4.78, 5) is 11.9. The molecule has 0 atom stereocenters. The van der Waals surface area contributed by atoms with Gasteiger partial charge in [-0.3, -0.25) is 0 Å². The van der Waals surface area contributed by atoms with Crippen molar-refractivity contribution in [3.8, 4) is 0 Å². The normalized spacial score (nSPS) is 10.5. The third-order valence-corrected chi connectivity index (χ3v) is 2.32. The van der Waals surface area contributed by atoms with Crippen LogP contribution in [-0.2, 0) is 9.53 Å². The lowest BCUT2D eigenvalue weighted by Gasteiger charge is -1.96. The second kappa shape index (κ2) is 6.24. The average Bonchev–Trinajstić information content (AvgIpc) is 2.21. The molecule has 0 amide bonds. The van der Waals surface area contributed by atoms with Crippen molar-refractivity contribution < 1.29 is 9.53 Å². The first kappa shape index (κ1) is 11.8. The predicted octanol–water partition coefficient (Wildman–Crippen LogP) is 2.64. The zero-order chi connectivity index (χ0) is 11.1. The number of rotatable bonds is 4. The molecule has 0 aliphatic rings. The minimum atomic E-state index is -0.405. The van der Waals surface area contributed by atoms with Crippen LogP contribution < -0.4 is 0 Å². The maximum absolute atomic E-state index is 10.9. The molecule has 1 aromatic rings. The molecular weight excluding hydrogens is 210 g/mol. The molecule has 1 rings (SSSR count). The Balaban J connectivity index is 2.43. The van der Waals surface area contributed by atoms with E-state index in [1.54, 1.807) is 6.92 Å². The molecule has 3 nitrogen and oxygen atoms in total. The highest BCUT2D eigenvalue weighted by atomic mass is 32.2. The quantitative estimate of drug-likeness (QED) is 0.447. The van der Waals surface area contributed by atoms with Gasteiger partial charge in [0, 0.05) is 16.8 Å². The molecule has 0 radical (unpaired) electrons. The third-order valence-electron chi connectivity index (χ3n) is 1.62. The second-order valence-electron chi connectivity index (χ2n) is 2.89. The van der Waals surface area contributed by atoms with Crippen molar-refractivity contribution in [3.63, 3.8) is 0 Å². The van der Waals surface area contributed by atoms with Crippen LogP contribution in [0.3, 0.4) is 0 Å². The molecule has 1 aromatic carbocycles. The SMILES string of the molecule is CCOC(=O)/C=N/Sc1ccc(C)cc1. The van der Waals surface area contributed by atoms with Crippen LogP contribution in [0.2, 0.25) is 0 Å². The van der Waals surface area contributed by atoms with Gasteiger partial charge in [-0.1, -0.05) is 17.7 Å². The Morgan fingerprint density at radius 1 is 1.47 bits per heavy atom. The highest BCUT2D eigenvalue weighted by molar-refractivity contribution is 7.98. The molecule has 0 aliphatic carbocycles. The number of carbonyl (C=O) groups is 1. The van der Waals surface area contributed by atoms with Gasteiger partial charge in [-0.05, 0) is 26.0 Å². The molecule has 0 heterocycles. The third kappa shape index (κ3) is 4.65. The molecule has 0 bridgehead atoms. The monoisotopic (exact) mass is 223 g/mol. The van der Waals surface area contributed by atoms with E-state index in [9.17, 15) is 4.79 Å². The molecule has 0 N–H and O–H groups in total. The number of ether oxygens (including phenoxy) is 1. The van der Waals surface area contributed by atoms with Crippen molar-refractivity contribution in [2.24, 2.45) is 4.40 Å². The molecule has 80 valence electrons. The van der Waals surface area contributed by atoms with Gasteiger partial charge >= 0.3 is 5.97 Å². The fourth-order valence-corrected chi connectivity index (χ4v) is 1.43. The highest BCUT2D eigenvalue weighted by Crippen LogP contribution is 2.18. The minimum Gasteiger partial charge on any atom is -0.462 e. The van der Waals surface area contributed by atoms with Crippen LogP contribution in [0.25, 0.3) is 0 Å². The molecular formula is C11H13NO2S. The first-order valence-corrected chi connectivity index (χ1v) is 5.43. The predicted molar refractivity (Wildman–Crippen MR) is 62.2 cm³/mol. The number of carbonyl (C=O) groups excluding carboxylic acids is 1. The van der Waals surface area contributed by atoms with Gasteiger partial charge < -0.3 is 4.74 Å². The summed E-state index contributed by atoms with van der Waals surface area (Å²) in [6.45, 7) is 4.16. The Morgan fingerprint density at radius 2 is 2.13 bits per heavy atom. The van der Waals surface area contributed by atoms with Crippen LogP contribution in [0, 0.1) is 6.92 Å². The van der Waals surface area contributed by atoms with Crippen LogP contribution in [-0.4, -0.2) is 18.8 Å². The van der Waals surface area contributed by atoms with E-state index in [1.807, 2.05) is 31.2 Å². The number of hydrogen-bond donors (Lipinski definition) is 0. The number of nitrogens with zero attached hydrogens (tertiary/aromatic N) is 1.